The van der Waals surface area contributed by atoms with Crippen LogP contribution in [-0.2, 0) is 16.0 Å². The summed E-state index contributed by atoms with van der Waals surface area (Å²) in [7, 11) is 1.13. The van der Waals surface area contributed by atoms with Crippen LogP contribution in [0.1, 0.15) is 5.56 Å². The molecule has 2 aromatic carbocycles. The van der Waals surface area contributed by atoms with Crippen molar-refractivity contribution in [1.29, 1.82) is 0 Å². The normalized spacial score (nSPS) is 11.9. The molecule has 2 rings (SSSR count). The Morgan fingerprint density at radius 1 is 1.11 bits per heavy atom. The molecular formula is C16H14N4O8. The number of hydrogen-bond acceptors (Lipinski definition) is 10. The zero-order chi connectivity index (χ0) is 20.8. The van der Waals surface area contributed by atoms with Crippen molar-refractivity contribution < 1.29 is 29.6 Å². The summed E-state index contributed by atoms with van der Waals surface area (Å²) in [6.07, 6.45) is -1.51. The lowest BCUT2D eigenvalue weighted by Gasteiger charge is -2.09. The van der Waals surface area contributed by atoms with Crippen LogP contribution < -0.4 is 0 Å². The van der Waals surface area contributed by atoms with E-state index in [-0.39, 0.29) is 23.5 Å². The second-order valence-corrected chi connectivity index (χ2v) is 5.45. The first-order valence-corrected chi connectivity index (χ1v) is 7.65. The van der Waals surface area contributed by atoms with Crippen molar-refractivity contribution >= 4 is 28.7 Å². The van der Waals surface area contributed by atoms with Gasteiger partial charge in [-0.1, -0.05) is 6.07 Å². The number of carbonyl (C=O) groups is 1. The first kappa shape index (κ1) is 20.4. The molecule has 0 aliphatic carbocycles. The number of esters is 1. The molecule has 0 bridgehead atoms. The van der Waals surface area contributed by atoms with Gasteiger partial charge < -0.3 is 14.9 Å². The summed E-state index contributed by atoms with van der Waals surface area (Å²) < 4.78 is 4.40. The van der Waals surface area contributed by atoms with Crippen molar-refractivity contribution in [2.24, 2.45) is 10.2 Å². The number of aromatic hydroxyl groups is 1. The average molecular weight is 390 g/mol. The molecule has 146 valence electrons. The number of rotatable bonds is 7. The SMILES string of the molecule is COC(=O)C(O)Cc1ccc(N=Nc2ccc([N+](=O)[O-])cc2[N+](=O)[O-])c(O)c1. The smallest absolute Gasteiger partial charge is 0.335 e. The first-order valence-electron chi connectivity index (χ1n) is 7.65. The molecule has 0 radical (unpaired) electrons. The van der Waals surface area contributed by atoms with Crippen LogP contribution in [0, 0.1) is 20.2 Å². The highest BCUT2D eigenvalue weighted by Gasteiger charge is 2.20. The summed E-state index contributed by atoms with van der Waals surface area (Å²) in [5.41, 5.74) is -0.947. The van der Waals surface area contributed by atoms with Gasteiger partial charge >= 0.3 is 11.7 Å². The minimum Gasteiger partial charge on any atom is -0.506 e. The van der Waals surface area contributed by atoms with Crippen LogP contribution in [0.15, 0.2) is 46.6 Å². The monoisotopic (exact) mass is 390 g/mol. The molecule has 1 atom stereocenters. The van der Waals surface area contributed by atoms with Crippen LogP contribution in [0.5, 0.6) is 5.75 Å². The van der Waals surface area contributed by atoms with Gasteiger partial charge in [0.25, 0.3) is 5.69 Å². The van der Waals surface area contributed by atoms with Crippen molar-refractivity contribution in [3.05, 3.63) is 62.2 Å². The van der Waals surface area contributed by atoms with E-state index in [0.717, 1.165) is 25.3 Å². The fraction of sp³-hybridized carbons (Fsp3) is 0.188. The van der Waals surface area contributed by atoms with E-state index >= 15 is 0 Å². The molecule has 0 aromatic heterocycles. The zero-order valence-corrected chi connectivity index (χ0v) is 14.4. The van der Waals surface area contributed by atoms with Crippen LogP contribution in [0.3, 0.4) is 0 Å². The van der Waals surface area contributed by atoms with Crippen molar-refractivity contribution in [2.45, 2.75) is 12.5 Å². The highest BCUT2D eigenvalue weighted by atomic mass is 16.6. The minimum atomic E-state index is -1.40. The minimum absolute atomic E-state index is 0.0380. The fourth-order valence-electron chi connectivity index (χ4n) is 2.19. The summed E-state index contributed by atoms with van der Waals surface area (Å²) in [5, 5.41) is 48.8. The van der Waals surface area contributed by atoms with Crippen LogP contribution in [0.4, 0.5) is 22.7 Å². The van der Waals surface area contributed by atoms with Crippen LogP contribution in [0.2, 0.25) is 0 Å². The van der Waals surface area contributed by atoms with Gasteiger partial charge in [-0.3, -0.25) is 20.2 Å². The predicted octanol–water partition coefficient (Wildman–Crippen LogP) is 2.70. The van der Waals surface area contributed by atoms with Gasteiger partial charge in [0, 0.05) is 12.5 Å². The van der Waals surface area contributed by atoms with Gasteiger partial charge in [0.1, 0.15) is 11.4 Å². The maximum Gasteiger partial charge on any atom is 0.335 e. The Morgan fingerprint density at radius 3 is 2.32 bits per heavy atom. The number of phenolic OH excluding ortho intramolecular Hbond substituents is 1. The van der Waals surface area contributed by atoms with Crippen molar-refractivity contribution in [2.75, 3.05) is 7.11 Å². The van der Waals surface area contributed by atoms with E-state index in [0.29, 0.717) is 5.56 Å². The van der Waals surface area contributed by atoms with E-state index in [2.05, 4.69) is 15.0 Å². The molecule has 28 heavy (non-hydrogen) atoms. The van der Waals surface area contributed by atoms with Gasteiger partial charge in [-0.2, -0.15) is 0 Å². The average Bonchev–Trinajstić information content (AvgIpc) is 2.66. The highest BCUT2D eigenvalue weighted by Crippen LogP contribution is 2.34. The molecule has 0 fully saturated rings. The molecule has 0 aliphatic rings. The molecule has 0 amide bonds. The van der Waals surface area contributed by atoms with Gasteiger partial charge in [-0.15, -0.1) is 10.2 Å². The Morgan fingerprint density at radius 2 is 1.75 bits per heavy atom. The first-order chi connectivity index (χ1) is 13.2. The Bertz CT molecular complexity index is 960. The summed E-state index contributed by atoms with van der Waals surface area (Å²) in [6.45, 7) is 0. The lowest BCUT2D eigenvalue weighted by atomic mass is 10.1. The molecule has 1 unspecified atom stereocenters. The molecule has 2 N–H and O–H groups in total. The zero-order valence-electron chi connectivity index (χ0n) is 14.4. The topological polar surface area (TPSA) is 178 Å². The number of phenols is 1. The molecule has 12 nitrogen and oxygen atoms in total. The Labute approximate surface area is 157 Å². The summed E-state index contributed by atoms with van der Waals surface area (Å²) in [5.74, 6) is -1.17. The maximum atomic E-state index is 11.2. The van der Waals surface area contributed by atoms with Gasteiger partial charge in [-0.05, 0) is 23.8 Å². The molecule has 0 heterocycles. The van der Waals surface area contributed by atoms with E-state index in [1.807, 2.05) is 0 Å². The number of hydrogen-bond donors (Lipinski definition) is 2. The molecule has 0 spiro atoms. The number of ether oxygens (including phenoxy) is 1. The third-order valence-electron chi connectivity index (χ3n) is 3.57. The molecule has 0 saturated carbocycles. The Hall–Kier alpha value is -3.93. The standard InChI is InChI=1S/C16H14N4O8/c1-28-16(23)15(22)7-9-2-4-12(14(21)6-9)18-17-11-5-3-10(19(24)25)8-13(11)20(26)27/h2-6,8,15,21-22H,7H2,1H3. The lowest BCUT2D eigenvalue weighted by Crippen LogP contribution is -2.23. The third kappa shape index (κ3) is 4.82. The van der Waals surface area contributed by atoms with Gasteiger partial charge in [0.05, 0.1) is 23.0 Å². The lowest BCUT2D eigenvalue weighted by molar-refractivity contribution is -0.393. The third-order valence-corrected chi connectivity index (χ3v) is 3.57. The van der Waals surface area contributed by atoms with Gasteiger partial charge in [-0.25, -0.2) is 4.79 Å². The van der Waals surface area contributed by atoms with Crippen molar-refractivity contribution in [3.8, 4) is 5.75 Å². The number of aliphatic hydroxyl groups is 1. The van der Waals surface area contributed by atoms with Crippen LogP contribution in [0.25, 0.3) is 0 Å². The molecular weight excluding hydrogens is 376 g/mol. The van der Waals surface area contributed by atoms with Crippen LogP contribution >= 0.6 is 0 Å². The van der Waals surface area contributed by atoms with E-state index in [1.54, 1.807) is 0 Å². The van der Waals surface area contributed by atoms with E-state index in [4.69, 9.17) is 0 Å². The summed E-state index contributed by atoms with van der Waals surface area (Å²) in [6, 6.07) is 6.90. The fourth-order valence-corrected chi connectivity index (χ4v) is 2.19. The number of benzene rings is 2. The molecule has 12 heteroatoms. The van der Waals surface area contributed by atoms with Crippen LogP contribution in [-0.4, -0.2) is 39.2 Å². The molecule has 2 aromatic rings. The van der Waals surface area contributed by atoms with Crippen molar-refractivity contribution in [3.63, 3.8) is 0 Å². The number of azo groups is 1. The predicted molar refractivity (Wildman–Crippen MR) is 93.8 cm³/mol. The number of nitrogens with zero attached hydrogens (tertiary/aromatic N) is 4. The van der Waals surface area contributed by atoms with E-state index < -0.39 is 33.3 Å². The van der Waals surface area contributed by atoms with Gasteiger partial charge in [0.2, 0.25) is 0 Å². The largest absolute Gasteiger partial charge is 0.506 e. The summed E-state index contributed by atoms with van der Waals surface area (Å²) >= 11 is 0. The number of methoxy groups -OCH3 is 1. The maximum absolute atomic E-state index is 11.2. The number of nitro groups is 2. The second-order valence-electron chi connectivity index (χ2n) is 5.45. The number of aliphatic hydroxyl groups excluding tert-OH is 1. The Kier molecular flexibility index (Phi) is 6.29. The number of nitro benzene ring substituents is 2. The van der Waals surface area contributed by atoms with E-state index in [1.165, 1.54) is 18.2 Å². The van der Waals surface area contributed by atoms with Crippen molar-refractivity contribution in [1.82, 2.24) is 0 Å². The summed E-state index contributed by atoms with van der Waals surface area (Å²) in [4.78, 5) is 31.4. The quantitative estimate of drug-likeness (QED) is 0.313. The van der Waals surface area contributed by atoms with Gasteiger partial charge in [0.15, 0.2) is 11.8 Å². The molecule has 0 saturated heterocycles. The molecule has 0 aliphatic heterocycles. The number of non-ortho nitro benzene ring substituents is 1. The second kappa shape index (κ2) is 8.64. The Balaban J connectivity index is 2.26. The van der Waals surface area contributed by atoms with E-state index in [9.17, 15) is 35.2 Å². The number of carbonyl (C=O) groups excluding carboxylic acids is 1. The highest BCUT2D eigenvalue weighted by molar-refractivity contribution is 5.74.